The van der Waals surface area contributed by atoms with E-state index in [1.807, 2.05) is 6.92 Å². The average molecular weight is 159 g/mol. The summed E-state index contributed by atoms with van der Waals surface area (Å²) >= 11 is 0. The first-order chi connectivity index (χ1) is 5.20. The van der Waals surface area contributed by atoms with Gasteiger partial charge >= 0.3 is 5.97 Å². The molecule has 0 aliphatic rings. The predicted octanol–water partition coefficient (Wildman–Crippen LogP) is 0.0757. The highest BCUT2D eigenvalue weighted by Crippen LogP contribution is 1.90. The van der Waals surface area contributed by atoms with E-state index in [9.17, 15) is 9.59 Å². The summed E-state index contributed by atoms with van der Waals surface area (Å²) in [6, 6.07) is 0. The maximum Gasteiger partial charge on any atom is 0.306 e. The number of hydrogen-bond acceptors (Lipinski definition) is 3. The van der Waals surface area contributed by atoms with Crippen LogP contribution in [-0.4, -0.2) is 25.5 Å². The Kier molecular flexibility index (Phi) is 5.15. The molecule has 0 spiro atoms. The van der Waals surface area contributed by atoms with Crippen molar-refractivity contribution in [2.24, 2.45) is 0 Å². The summed E-state index contributed by atoms with van der Waals surface area (Å²) in [4.78, 5) is 21.3. The second-order valence-electron chi connectivity index (χ2n) is 2.03. The summed E-state index contributed by atoms with van der Waals surface area (Å²) in [6.45, 7) is 2.43. The fraction of sp³-hybridized carbons (Fsp3) is 0.714. The largest absolute Gasteiger partial charge is 0.469 e. The molecule has 0 rings (SSSR count). The SMILES string of the molecule is CCNC(=O)CCC(=O)OC. The van der Waals surface area contributed by atoms with Gasteiger partial charge in [0.15, 0.2) is 0 Å². The lowest BCUT2D eigenvalue weighted by Crippen LogP contribution is -2.23. The zero-order valence-electron chi connectivity index (χ0n) is 6.85. The molecule has 1 N–H and O–H groups in total. The fourth-order valence-corrected chi connectivity index (χ4v) is 0.603. The van der Waals surface area contributed by atoms with Crippen molar-refractivity contribution in [3.05, 3.63) is 0 Å². The van der Waals surface area contributed by atoms with Crippen molar-refractivity contribution in [1.82, 2.24) is 5.32 Å². The molecule has 4 heteroatoms. The molecule has 0 fully saturated rings. The number of carbonyl (C=O) groups is 2. The van der Waals surface area contributed by atoms with Gasteiger partial charge in [0.1, 0.15) is 0 Å². The molecule has 0 aromatic heterocycles. The van der Waals surface area contributed by atoms with E-state index in [1.165, 1.54) is 7.11 Å². The first-order valence-corrected chi connectivity index (χ1v) is 3.54. The molecular weight excluding hydrogens is 146 g/mol. The second-order valence-corrected chi connectivity index (χ2v) is 2.03. The zero-order valence-corrected chi connectivity index (χ0v) is 6.85. The molecule has 0 saturated carbocycles. The van der Waals surface area contributed by atoms with Crippen LogP contribution in [0.3, 0.4) is 0 Å². The maximum absolute atomic E-state index is 10.7. The molecule has 4 nitrogen and oxygen atoms in total. The molecule has 0 aromatic carbocycles. The molecule has 64 valence electrons. The van der Waals surface area contributed by atoms with Crippen LogP contribution >= 0.6 is 0 Å². The first kappa shape index (κ1) is 9.94. The van der Waals surface area contributed by atoms with E-state index in [4.69, 9.17) is 0 Å². The minimum Gasteiger partial charge on any atom is -0.469 e. The molecule has 0 bridgehead atoms. The van der Waals surface area contributed by atoms with Gasteiger partial charge in [0.25, 0.3) is 0 Å². The number of rotatable bonds is 4. The molecule has 0 unspecified atom stereocenters. The van der Waals surface area contributed by atoms with Gasteiger partial charge in [-0.25, -0.2) is 0 Å². The lowest BCUT2D eigenvalue weighted by atomic mass is 10.3. The fourth-order valence-electron chi connectivity index (χ4n) is 0.603. The van der Waals surface area contributed by atoms with E-state index < -0.39 is 0 Å². The molecule has 11 heavy (non-hydrogen) atoms. The summed E-state index contributed by atoms with van der Waals surface area (Å²) in [5, 5.41) is 2.58. The number of carbonyl (C=O) groups excluding carboxylic acids is 2. The lowest BCUT2D eigenvalue weighted by molar-refractivity contribution is -0.142. The van der Waals surface area contributed by atoms with Crippen LogP contribution in [0.4, 0.5) is 0 Å². The minimum absolute atomic E-state index is 0.113. The third kappa shape index (κ3) is 5.39. The Hall–Kier alpha value is -1.06. The molecule has 0 aliphatic carbocycles. The van der Waals surface area contributed by atoms with Gasteiger partial charge in [-0.05, 0) is 6.92 Å². The highest BCUT2D eigenvalue weighted by Gasteiger charge is 2.04. The van der Waals surface area contributed by atoms with E-state index in [2.05, 4.69) is 10.1 Å². The minimum atomic E-state index is -0.351. The van der Waals surface area contributed by atoms with E-state index in [-0.39, 0.29) is 24.7 Å². The highest BCUT2D eigenvalue weighted by molar-refractivity contribution is 5.81. The topological polar surface area (TPSA) is 55.4 Å². The van der Waals surface area contributed by atoms with Crippen molar-refractivity contribution in [2.45, 2.75) is 19.8 Å². The van der Waals surface area contributed by atoms with E-state index in [1.54, 1.807) is 0 Å². The predicted molar refractivity (Wildman–Crippen MR) is 39.9 cm³/mol. The lowest BCUT2D eigenvalue weighted by Gasteiger charge is -1.99. The standard InChI is InChI=1S/C7H13NO3/c1-3-8-6(9)4-5-7(10)11-2/h3-5H2,1-2H3,(H,8,9). The van der Waals surface area contributed by atoms with E-state index in [0.29, 0.717) is 6.54 Å². The number of hydrogen-bond donors (Lipinski definition) is 1. The van der Waals surface area contributed by atoms with Gasteiger partial charge in [0.05, 0.1) is 13.5 Å². The van der Waals surface area contributed by atoms with Crippen LogP contribution < -0.4 is 5.32 Å². The Balaban J connectivity index is 3.38. The van der Waals surface area contributed by atoms with Crippen LogP contribution in [0.1, 0.15) is 19.8 Å². The first-order valence-electron chi connectivity index (χ1n) is 3.54. The third-order valence-corrected chi connectivity index (χ3v) is 1.16. The quantitative estimate of drug-likeness (QED) is 0.591. The summed E-state index contributed by atoms with van der Waals surface area (Å²) in [7, 11) is 1.31. The number of methoxy groups -OCH3 is 1. The van der Waals surface area contributed by atoms with E-state index in [0.717, 1.165) is 0 Å². The van der Waals surface area contributed by atoms with Crippen molar-refractivity contribution < 1.29 is 14.3 Å². The molecular formula is C7H13NO3. The monoisotopic (exact) mass is 159 g/mol. The van der Waals surface area contributed by atoms with Crippen LogP contribution in [0, 0.1) is 0 Å². The summed E-state index contributed by atoms with van der Waals surface area (Å²) in [6.07, 6.45) is 0.364. The van der Waals surface area contributed by atoms with Crippen LogP contribution in [0.25, 0.3) is 0 Å². The van der Waals surface area contributed by atoms with Gasteiger partial charge in [-0.2, -0.15) is 0 Å². The van der Waals surface area contributed by atoms with Crippen LogP contribution in [-0.2, 0) is 14.3 Å². The maximum atomic E-state index is 10.7. The Morgan fingerprint density at radius 2 is 2.00 bits per heavy atom. The Labute approximate surface area is 65.9 Å². The Bertz CT molecular complexity index is 145. The van der Waals surface area contributed by atoms with Crippen molar-refractivity contribution in [3.8, 4) is 0 Å². The molecule has 0 aromatic rings. The molecule has 0 radical (unpaired) electrons. The summed E-state index contributed by atoms with van der Waals surface area (Å²) in [5.74, 6) is -0.464. The number of ether oxygens (including phenoxy) is 1. The van der Waals surface area contributed by atoms with Gasteiger partial charge in [-0.3, -0.25) is 9.59 Å². The normalized spacial score (nSPS) is 8.91. The van der Waals surface area contributed by atoms with Gasteiger partial charge in [0.2, 0.25) is 5.91 Å². The van der Waals surface area contributed by atoms with Crippen molar-refractivity contribution >= 4 is 11.9 Å². The molecule has 0 heterocycles. The van der Waals surface area contributed by atoms with Gasteiger partial charge < -0.3 is 10.1 Å². The second kappa shape index (κ2) is 5.70. The molecule has 0 saturated heterocycles. The van der Waals surface area contributed by atoms with Crippen molar-refractivity contribution in [1.29, 1.82) is 0 Å². The molecule has 1 amide bonds. The smallest absolute Gasteiger partial charge is 0.306 e. The van der Waals surface area contributed by atoms with Gasteiger partial charge in [-0.15, -0.1) is 0 Å². The number of nitrogens with one attached hydrogen (secondary N) is 1. The third-order valence-electron chi connectivity index (χ3n) is 1.16. The van der Waals surface area contributed by atoms with Gasteiger partial charge in [0, 0.05) is 13.0 Å². The molecule has 0 atom stereocenters. The summed E-state index contributed by atoms with van der Waals surface area (Å²) in [5.41, 5.74) is 0. The number of esters is 1. The van der Waals surface area contributed by atoms with Crippen LogP contribution in [0.15, 0.2) is 0 Å². The van der Waals surface area contributed by atoms with Gasteiger partial charge in [-0.1, -0.05) is 0 Å². The van der Waals surface area contributed by atoms with Crippen LogP contribution in [0.2, 0.25) is 0 Å². The highest BCUT2D eigenvalue weighted by atomic mass is 16.5. The Morgan fingerprint density at radius 1 is 1.36 bits per heavy atom. The Morgan fingerprint density at radius 3 is 2.45 bits per heavy atom. The van der Waals surface area contributed by atoms with Crippen molar-refractivity contribution in [3.63, 3.8) is 0 Å². The van der Waals surface area contributed by atoms with E-state index >= 15 is 0 Å². The number of amides is 1. The van der Waals surface area contributed by atoms with Crippen LogP contribution in [0.5, 0.6) is 0 Å². The van der Waals surface area contributed by atoms with Crippen molar-refractivity contribution in [2.75, 3.05) is 13.7 Å². The molecule has 0 aliphatic heterocycles. The summed E-state index contributed by atoms with van der Waals surface area (Å²) < 4.78 is 4.36. The zero-order chi connectivity index (χ0) is 8.69. The average Bonchev–Trinajstić information content (AvgIpc) is 2.01.